The standard InChI is InChI=1S/C19H23ClN4O3/c1-24(2)10-4-8-21-17-12-13(7-9-22-17)18(25)23-16-11-14(19(26)27-3)5-6-15(16)20/h5-7,9,11-12H,4,8,10H2,1-3H3,(H,21,22)(H,23,25). The van der Waals surface area contributed by atoms with Gasteiger partial charge in [0, 0.05) is 18.3 Å². The molecule has 2 rings (SSSR count). The molecule has 1 aromatic carbocycles. The molecule has 2 aromatic rings. The lowest BCUT2D eigenvalue weighted by Crippen LogP contribution is -2.17. The molecule has 1 amide bonds. The fourth-order valence-corrected chi connectivity index (χ4v) is 2.51. The van der Waals surface area contributed by atoms with E-state index >= 15 is 0 Å². The van der Waals surface area contributed by atoms with Gasteiger partial charge in [-0.1, -0.05) is 11.6 Å². The van der Waals surface area contributed by atoms with E-state index in [0.29, 0.717) is 27.7 Å². The Labute approximate surface area is 163 Å². The van der Waals surface area contributed by atoms with Gasteiger partial charge in [0.05, 0.1) is 23.4 Å². The topological polar surface area (TPSA) is 83.6 Å². The fraction of sp³-hybridized carbons (Fsp3) is 0.316. The summed E-state index contributed by atoms with van der Waals surface area (Å²) in [5, 5.41) is 6.24. The number of anilines is 2. The van der Waals surface area contributed by atoms with E-state index in [9.17, 15) is 9.59 Å². The van der Waals surface area contributed by atoms with Crippen molar-refractivity contribution in [2.24, 2.45) is 0 Å². The molecular formula is C19H23ClN4O3. The zero-order valence-electron chi connectivity index (χ0n) is 15.6. The zero-order valence-corrected chi connectivity index (χ0v) is 16.3. The first kappa shape index (κ1) is 20.7. The number of amides is 1. The van der Waals surface area contributed by atoms with Gasteiger partial charge in [-0.15, -0.1) is 0 Å². The van der Waals surface area contributed by atoms with Crippen LogP contribution in [0.15, 0.2) is 36.5 Å². The van der Waals surface area contributed by atoms with Gasteiger partial charge in [0.15, 0.2) is 0 Å². The maximum Gasteiger partial charge on any atom is 0.337 e. The Balaban J connectivity index is 2.06. The molecule has 0 saturated carbocycles. The normalized spacial score (nSPS) is 10.6. The maximum absolute atomic E-state index is 12.5. The second-order valence-electron chi connectivity index (χ2n) is 6.15. The van der Waals surface area contributed by atoms with Crippen LogP contribution in [0.2, 0.25) is 5.02 Å². The lowest BCUT2D eigenvalue weighted by atomic mass is 10.2. The number of hydrogen-bond acceptors (Lipinski definition) is 6. The van der Waals surface area contributed by atoms with Crippen molar-refractivity contribution in [3.05, 3.63) is 52.7 Å². The summed E-state index contributed by atoms with van der Waals surface area (Å²) in [7, 11) is 5.33. The number of hydrogen-bond donors (Lipinski definition) is 2. The average molecular weight is 391 g/mol. The Bertz CT molecular complexity index is 811. The molecule has 144 valence electrons. The van der Waals surface area contributed by atoms with Gasteiger partial charge in [0.2, 0.25) is 0 Å². The van der Waals surface area contributed by atoms with Gasteiger partial charge < -0.3 is 20.3 Å². The van der Waals surface area contributed by atoms with Crippen LogP contribution in [-0.2, 0) is 4.74 Å². The first-order chi connectivity index (χ1) is 12.9. The second kappa shape index (κ2) is 9.89. The van der Waals surface area contributed by atoms with Crippen LogP contribution >= 0.6 is 11.6 Å². The molecule has 7 nitrogen and oxygen atoms in total. The monoisotopic (exact) mass is 390 g/mol. The van der Waals surface area contributed by atoms with Gasteiger partial charge in [-0.3, -0.25) is 4.79 Å². The number of carbonyl (C=O) groups excluding carboxylic acids is 2. The Morgan fingerprint density at radius 3 is 2.67 bits per heavy atom. The fourth-order valence-electron chi connectivity index (χ4n) is 2.34. The summed E-state index contributed by atoms with van der Waals surface area (Å²) in [4.78, 5) is 30.5. The number of nitrogens with one attached hydrogen (secondary N) is 2. The SMILES string of the molecule is COC(=O)c1ccc(Cl)c(NC(=O)c2ccnc(NCCCN(C)C)c2)c1. The van der Waals surface area contributed by atoms with Crippen LogP contribution in [-0.4, -0.2) is 56.1 Å². The Hall–Kier alpha value is -2.64. The maximum atomic E-state index is 12.5. The number of carbonyl (C=O) groups is 2. The van der Waals surface area contributed by atoms with Gasteiger partial charge in [-0.25, -0.2) is 9.78 Å². The van der Waals surface area contributed by atoms with Gasteiger partial charge in [-0.2, -0.15) is 0 Å². The number of benzene rings is 1. The lowest BCUT2D eigenvalue weighted by molar-refractivity contribution is 0.0600. The van der Waals surface area contributed by atoms with Crippen molar-refractivity contribution in [3.63, 3.8) is 0 Å². The molecule has 0 bridgehead atoms. The van der Waals surface area contributed by atoms with Gasteiger partial charge in [0.1, 0.15) is 5.82 Å². The highest BCUT2D eigenvalue weighted by atomic mass is 35.5. The predicted octanol–water partition coefficient (Wildman–Crippen LogP) is 3.14. The Morgan fingerprint density at radius 1 is 1.19 bits per heavy atom. The van der Waals surface area contributed by atoms with E-state index in [-0.39, 0.29) is 5.91 Å². The van der Waals surface area contributed by atoms with Crippen LogP contribution in [0, 0.1) is 0 Å². The summed E-state index contributed by atoms with van der Waals surface area (Å²) >= 11 is 6.12. The highest BCUT2D eigenvalue weighted by Gasteiger charge is 2.13. The molecule has 0 aliphatic rings. The quantitative estimate of drug-likeness (QED) is 0.532. The molecule has 0 saturated heterocycles. The van der Waals surface area contributed by atoms with Crippen LogP contribution in [0.25, 0.3) is 0 Å². The molecule has 8 heteroatoms. The highest BCUT2D eigenvalue weighted by Crippen LogP contribution is 2.24. The number of halogens is 1. The number of pyridine rings is 1. The van der Waals surface area contributed by atoms with E-state index in [1.807, 2.05) is 14.1 Å². The number of aromatic nitrogens is 1. The van der Waals surface area contributed by atoms with E-state index in [1.165, 1.54) is 25.3 Å². The molecule has 1 aromatic heterocycles. The molecule has 0 aliphatic carbocycles. The molecule has 0 fully saturated rings. The molecule has 2 N–H and O–H groups in total. The number of esters is 1. The van der Waals surface area contributed by atoms with Crippen LogP contribution in [0.4, 0.5) is 11.5 Å². The van der Waals surface area contributed by atoms with Gasteiger partial charge >= 0.3 is 5.97 Å². The summed E-state index contributed by atoms with van der Waals surface area (Å²) in [6.45, 7) is 1.71. The van der Waals surface area contributed by atoms with E-state index in [4.69, 9.17) is 11.6 Å². The first-order valence-corrected chi connectivity index (χ1v) is 8.82. The van der Waals surface area contributed by atoms with E-state index < -0.39 is 5.97 Å². The van der Waals surface area contributed by atoms with Crippen LogP contribution in [0.1, 0.15) is 27.1 Å². The van der Waals surface area contributed by atoms with Gasteiger partial charge in [0.25, 0.3) is 5.91 Å². The summed E-state index contributed by atoms with van der Waals surface area (Å²) in [5.74, 6) is -0.233. The van der Waals surface area contributed by atoms with Crippen molar-refractivity contribution in [2.75, 3.05) is 44.9 Å². The van der Waals surface area contributed by atoms with Crippen molar-refractivity contribution in [3.8, 4) is 0 Å². The highest BCUT2D eigenvalue weighted by molar-refractivity contribution is 6.34. The van der Waals surface area contributed by atoms with Crippen LogP contribution in [0.5, 0.6) is 0 Å². The third-order valence-corrected chi connectivity index (χ3v) is 4.08. The number of rotatable bonds is 8. The van der Waals surface area contributed by atoms with Crippen molar-refractivity contribution in [2.45, 2.75) is 6.42 Å². The average Bonchev–Trinajstić information content (AvgIpc) is 2.66. The second-order valence-corrected chi connectivity index (χ2v) is 6.56. The van der Waals surface area contributed by atoms with E-state index in [1.54, 1.807) is 18.3 Å². The van der Waals surface area contributed by atoms with Crippen molar-refractivity contribution in [1.29, 1.82) is 0 Å². The molecule has 0 aliphatic heterocycles. The summed E-state index contributed by atoms with van der Waals surface area (Å²) in [6, 6.07) is 7.83. The van der Waals surface area contributed by atoms with Crippen molar-refractivity contribution < 1.29 is 14.3 Å². The number of methoxy groups -OCH3 is 1. The van der Waals surface area contributed by atoms with Crippen molar-refractivity contribution >= 4 is 35.0 Å². The third kappa shape index (κ3) is 6.23. The third-order valence-electron chi connectivity index (χ3n) is 3.75. The molecule has 0 unspecified atom stereocenters. The van der Waals surface area contributed by atoms with E-state index in [0.717, 1.165) is 19.5 Å². The molecule has 27 heavy (non-hydrogen) atoms. The summed E-state index contributed by atoms with van der Waals surface area (Å²) in [5.41, 5.74) is 1.07. The minimum absolute atomic E-state index is 0.301. The summed E-state index contributed by atoms with van der Waals surface area (Å²) < 4.78 is 4.68. The minimum Gasteiger partial charge on any atom is -0.465 e. The largest absolute Gasteiger partial charge is 0.465 e. The van der Waals surface area contributed by atoms with E-state index in [2.05, 4.69) is 25.3 Å². The predicted molar refractivity (Wildman–Crippen MR) is 107 cm³/mol. The first-order valence-electron chi connectivity index (χ1n) is 8.44. The number of ether oxygens (including phenoxy) is 1. The zero-order chi connectivity index (χ0) is 19.8. The molecule has 0 radical (unpaired) electrons. The summed E-state index contributed by atoms with van der Waals surface area (Å²) in [6.07, 6.45) is 2.52. The van der Waals surface area contributed by atoms with Crippen molar-refractivity contribution in [1.82, 2.24) is 9.88 Å². The molecule has 0 atom stereocenters. The smallest absolute Gasteiger partial charge is 0.337 e. The lowest BCUT2D eigenvalue weighted by Gasteiger charge is -2.11. The Morgan fingerprint density at radius 2 is 1.96 bits per heavy atom. The molecule has 1 heterocycles. The molecular weight excluding hydrogens is 368 g/mol. The Kier molecular flexibility index (Phi) is 7.57. The van der Waals surface area contributed by atoms with Crippen LogP contribution in [0.3, 0.4) is 0 Å². The number of nitrogens with zero attached hydrogens (tertiary/aromatic N) is 2. The molecule has 0 spiro atoms. The van der Waals surface area contributed by atoms with Gasteiger partial charge in [-0.05, 0) is 57.4 Å². The van der Waals surface area contributed by atoms with Crippen LogP contribution < -0.4 is 10.6 Å². The minimum atomic E-state index is -0.504.